The van der Waals surface area contributed by atoms with E-state index in [9.17, 15) is 18.7 Å². The average molecular weight is 286 g/mol. The molecule has 0 aromatic heterocycles. The first-order valence-corrected chi connectivity index (χ1v) is 6.36. The minimum atomic E-state index is -1.87. The molecular weight excluding hydrogens is 266 g/mol. The Bertz CT molecular complexity index is 504. The van der Waals surface area contributed by atoms with Crippen LogP contribution in [0, 0.1) is 17.6 Å². The number of halogens is 2. The number of carbonyl (C=O) groups excluding carboxylic acids is 1. The maximum absolute atomic E-state index is 13.7. The highest BCUT2D eigenvalue weighted by molar-refractivity contribution is 5.74. The summed E-state index contributed by atoms with van der Waals surface area (Å²) in [5.74, 6) is -3.17. The second kappa shape index (κ2) is 5.48. The van der Waals surface area contributed by atoms with Crippen LogP contribution in [0.25, 0.3) is 0 Å². The maximum atomic E-state index is 13.7. The van der Waals surface area contributed by atoms with Gasteiger partial charge < -0.3 is 9.84 Å². The lowest BCUT2D eigenvalue weighted by Gasteiger charge is -2.32. The van der Waals surface area contributed by atoms with Gasteiger partial charge >= 0.3 is 5.97 Å². The van der Waals surface area contributed by atoms with Crippen LogP contribution in [0.15, 0.2) is 18.2 Å². The molecule has 0 saturated heterocycles. The molecule has 0 bridgehead atoms. The van der Waals surface area contributed by atoms with E-state index >= 15 is 0 Å². The SMILES string of the molecule is CC(C(=O)OC(C)(C)C)C(C)(O)c1cc(F)ccc1F. The van der Waals surface area contributed by atoms with Gasteiger partial charge in [-0.1, -0.05) is 0 Å². The third-order valence-electron chi connectivity index (χ3n) is 3.08. The summed E-state index contributed by atoms with van der Waals surface area (Å²) in [6.45, 7) is 7.75. The average Bonchev–Trinajstić information content (AvgIpc) is 2.28. The van der Waals surface area contributed by atoms with Gasteiger partial charge in [-0.3, -0.25) is 4.79 Å². The molecule has 20 heavy (non-hydrogen) atoms. The number of benzene rings is 1. The fourth-order valence-electron chi connectivity index (χ4n) is 1.74. The smallest absolute Gasteiger partial charge is 0.312 e. The molecule has 5 heteroatoms. The molecule has 0 heterocycles. The Morgan fingerprint density at radius 3 is 2.30 bits per heavy atom. The number of aliphatic hydroxyl groups is 1. The van der Waals surface area contributed by atoms with Crippen molar-refractivity contribution in [1.82, 2.24) is 0 Å². The lowest BCUT2D eigenvalue weighted by molar-refractivity contribution is -0.168. The van der Waals surface area contributed by atoms with E-state index in [0.29, 0.717) is 0 Å². The fourth-order valence-corrected chi connectivity index (χ4v) is 1.74. The molecule has 0 saturated carbocycles. The van der Waals surface area contributed by atoms with Crippen molar-refractivity contribution in [2.45, 2.75) is 45.8 Å². The molecule has 0 fully saturated rings. The summed E-state index contributed by atoms with van der Waals surface area (Å²) in [5.41, 5.74) is -2.85. The van der Waals surface area contributed by atoms with Crippen molar-refractivity contribution in [2.24, 2.45) is 5.92 Å². The van der Waals surface area contributed by atoms with Crippen LogP contribution in [0.1, 0.15) is 40.2 Å². The number of rotatable bonds is 3. The zero-order chi connectivity index (χ0) is 15.7. The molecule has 1 N–H and O–H groups in total. The van der Waals surface area contributed by atoms with E-state index in [1.165, 1.54) is 13.8 Å². The summed E-state index contributed by atoms with van der Waals surface area (Å²) in [7, 11) is 0. The fraction of sp³-hybridized carbons (Fsp3) is 0.533. The molecule has 1 rings (SSSR count). The second-order valence-electron chi connectivity index (χ2n) is 6.03. The van der Waals surface area contributed by atoms with Gasteiger partial charge in [0.15, 0.2) is 0 Å². The molecule has 112 valence electrons. The summed E-state index contributed by atoms with van der Waals surface area (Å²) in [6, 6.07) is 2.75. The van der Waals surface area contributed by atoms with Crippen molar-refractivity contribution in [2.75, 3.05) is 0 Å². The Morgan fingerprint density at radius 2 is 1.80 bits per heavy atom. The van der Waals surface area contributed by atoms with Gasteiger partial charge in [-0.05, 0) is 52.8 Å². The highest BCUT2D eigenvalue weighted by Gasteiger charge is 2.39. The summed E-state index contributed by atoms with van der Waals surface area (Å²) >= 11 is 0. The monoisotopic (exact) mass is 286 g/mol. The predicted octanol–water partition coefficient (Wildman–Crippen LogP) is 3.15. The van der Waals surface area contributed by atoms with Gasteiger partial charge in [-0.2, -0.15) is 0 Å². The first kappa shape index (κ1) is 16.6. The largest absolute Gasteiger partial charge is 0.460 e. The molecule has 0 aliphatic rings. The zero-order valence-electron chi connectivity index (χ0n) is 12.3. The van der Waals surface area contributed by atoms with Crippen LogP contribution >= 0.6 is 0 Å². The van der Waals surface area contributed by atoms with E-state index in [-0.39, 0.29) is 5.56 Å². The van der Waals surface area contributed by atoms with Gasteiger partial charge in [0.1, 0.15) is 22.8 Å². The van der Waals surface area contributed by atoms with Crippen LogP contribution < -0.4 is 0 Å². The molecule has 2 atom stereocenters. The van der Waals surface area contributed by atoms with Gasteiger partial charge in [0, 0.05) is 5.56 Å². The first-order chi connectivity index (χ1) is 8.95. The van der Waals surface area contributed by atoms with Crippen molar-refractivity contribution < 1.29 is 23.4 Å². The second-order valence-corrected chi connectivity index (χ2v) is 6.03. The normalized spacial score (nSPS) is 16.4. The molecule has 1 aromatic carbocycles. The number of hydrogen-bond donors (Lipinski definition) is 1. The minimum Gasteiger partial charge on any atom is -0.460 e. The van der Waals surface area contributed by atoms with E-state index in [1.54, 1.807) is 20.8 Å². The van der Waals surface area contributed by atoms with Gasteiger partial charge in [0.05, 0.1) is 5.92 Å². The van der Waals surface area contributed by atoms with Crippen LogP contribution in [0.3, 0.4) is 0 Å². The zero-order valence-corrected chi connectivity index (χ0v) is 12.3. The number of carbonyl (C=O) groups is 1. The Kier molecular flexibility index (Phi) is 4.54. The van der Waals surface area contributed by atoms with Crippen molar-refractivity contribution in [3.05, 3.63) is 35.4 Å². The third kappa shape index (κ3) is 3.76. The number of ether oxygens (including phenoxy) is 1. The molecular formula is C15H20F2O3. The highest BCUT2D eigenvalue weighted by Crippen LogP contribution is 2.33. The van der Waals surface area contributed by atoms with E-state index in [0.717, 1.165) is 18.2 Å². The Labute approximate surface area is 117 Å². The quantitative estimate of drug-likeness (QED) is 0.868. The van der Waals surface area contributed by atoms with Crippen LogP contribution in [0.4, 0.5) is 8.78 Å². The lowest BCUT2D eigenvalue weighted by atomic mass is 9.83. The van der Waals surface area contributed by atoms with E-state index in [1.807, 2.05) is 0 Å². The summed E-state index contributed by atoms with van der Waals surface area (Å²) < 4.78 is 32.1. The van der Waals surface area contributed by atoms with Crippen LogP contribution in [-0.2, 0) is 15.1 Å². The van der Waals surface area contributed by atoms with Crippen LogP contribution in [-0.4, -0.2) is 16.7 Å². The van der Waals surface area contributed by atoms with Crippen molar-refractivity contribution in [3.8, 4) is 0 Å². The van der Waals surface area contributed by atoms with Crippen LogP contribution in [0.5, 0.6) is 0 Å². The number of hydrogen-bond acceptors (Lipinski definition) is 3. The lowest BCUT2D eigenvalue weighted by Crippen LogP contribution is -2.39. The molecule has 0 aliphatic carbocycles. The van der Waals surface area contributed by atoms with E-state index in [4.69, 9.17) is 4.74 Å². The standard InChI is InChI=1S/C15H20F2O3/c1-9(13(18)20-14(2,3)4)15(5,19)11-8-10(16)6-7-12(11)17/h6-9,19H,1-5H3. The van der Waals surface area contributed by atoms with Gasteiger partial charge in [0.2, 0.25) is 0 Å². The van der Waals surface area contributed by atoms with E-state index < -0.39 is 34.7 Å². The maximum Gasteiger partial charge on any atom is 0.312 e. The summed E-state index contributed by atoms with van der Waals surface area (Å²) in [6.07, 6.45) is 0. The Morgan fingerprint density at radius 1 is 1.25 bits per heavy atom. The van der Waals surface area contributed by atoms with Crippen molar-refractivity contribution in [3.63, 3.8) is 0 Å². The first-order valence-electron chi connectivity index (χ1n) is 6.36. The minimum absolute atomic E-state index is 0.268. The molecule has 0 spiro atoms. The topological polar surface area (TPSA) is 46.5 Å². The van der Waals surface area contributed by atoms with E-state index in [2.05, 4.69) is 0 Å². The number of esters is 1. The summed E-state index contributed by atoms with van der Waals surface area (Å²) in [4.78, 5) is 12.0. The molecule has 0 aliphatic heterocycles. The molecule has 2 unspecified atom stereocenters. The predicted molar refractivity (Wildman–Crippen MR) is 70.9 cm³/mol. The van der Waals surface area contributed by atoms with Crippen molar-refractivity contribution in [1.29, 1.82) is 0 Å². The van der Waals surface area contributed by atoms with Crippen LogP contribution in [0.2, 0.25) is 0 Å². The Hall–Kier alpha value is -1.49. The van der Waals surface area contributed by atoms with Gasteiger partial charge in [-0.25, -0.2) is 8.78 Å². The molecule has 1 aromatic rings. The highest BCUT2D eigenvalue weighted by atomic mass is 19.1. The van der Waals surface area contributed by atoms with Crippen molar-refractivity contribution >= 4 is 5.97 Å². The Balaban J connectivity index is 3.09. The molecule has 3 nitrogen and oxygen atoms in total. The molecule has 0 radical (unpaired) electrons. The molecule has 0 amide bonds. The third-order valence-corrected chi connectivity index (χ3v) is 3.08. The van der Waals surface area contributed by atoms with Gasteiger partial charge in [-0.15, -0.1) is 0 Å². The summed E-state index contributed by atoms with van der Waals surface area (Å²) in [5, 5.41) is 10.4. The van der Waals surface area contributed by atoms with Gasteiger partial charge in [0.25, 0.3) is 0 Å².